The quantitative estimate of drug-likeness (QED) is 0.767. The van der Waals surface area contributed by atoms with Crippen molar-refractivity contribution in [3.05, 3.63) is 42.1 Å². The van der Waals surface area contributed by atoms with Crippen LogP contribution in [0.25, 0.3) is 0 Å². The van der Waals surface area contributed by atoms with E-state index >= 15 is 0 Å². The molecule has 0 spiro atoms. The van der Waals surface area contributed by atoms with Gasteiger partial charge in [0.1, 0.15) is 11.9 Å². The van der Waals surface area contributed by atoms with E-state index in [1.807, 2.05) is 37.3 Å². The van der Waals surface area contributed by atoms with Crippen molar-refractivity contribution in [2.45, 2.75) is 25.9 Å². The summed E-state index contributed by atoms with van der Waals surface area (Å²) in [6.07, 6.45) is 0.867. The van der Waals surface area contributed by atoms with E-state index in [0.717, 1.165) is 23.6 Å². The van der Waals surface area contributed by atoms with Crippen LogP contribution in [0.4, 0.5) is 5.69 Å². The fourth-order valence-electron chi connectivity index (χ4n) is 3.79. The molecule has 29 heavy (non-hydrogen) atoms. The number of hydrogen-bond acceptors (Lipinski definition) is 6. The highest BCUT2D eigenvalue weighted by atomic mass is 16.5. The first-order chi connectivity index (χ1) is 14.0. The van der Waals surface area contributed by atoms with Crippen LogP contribution in [0.3, 0.4) is 0 Å². The number of hydrogen-bond donors (Lipinski definition) is 0. The Balaban J connectivity index is 1.35. The standard InChI is InChI=1S/C21H24N4O4/c1-14-3-8-19(23-22-14)29-18-9-10-24(13-18)21(27)15-11-20(26)25(12-15)16-4-6-17(28-2)7-5-16/h3-8,15,18H,9-13H2,1-2H3/t15-,18-/m1/s1. The minimum Gasteiger partial charge on any atom is -0.497 e. The molecule has 0 bridgehead atoms. The van der Waals surface area contributed by atoms with Gasteiger partial charge in [-0.1, -0.05) is 0 Å². The Morgan fingerprint density at radius 3 is 2.59 bits per heavy atom. The molecule has 2 fully saturated rings. The molecule has 2 atom stereocenters. The molecule has 1 aromatic carbocycles. The van der Waals surface area contributed by atoms with E-state index in [2.05, 4.69) is 10.2 Å². The van der Waals surface area contributed by atoms with Gasteiger partial charge in [-0.2, -0.15) is 5.10 Å². The smallest absolute Gasteiger partial charge is 0.233 e. The summed E-state index contributed by atoms with van der Waals surface area (Å²) in [5.41, 5.74) is 1.61. The van der Waals surface area contributed by atoms with E-state index in [0.29, 0.717) is 25.5 Å². The maximum atomic E-state index is 13.0. The molecule has 0 saturated carbocycles. The molecule has 8 heteroatoms. The van der Waals surface area contributed by atoms with Gasteiger partial charge in [-0.25, -0.2) is 0 Å². The highest BCUT2D eigenvalue weighted by Gasteiger charge is 2.39. The summed E-state index contributed by atoms with van der Waals surface area (Å²) in [7, 11) is 1.60. The van der Waals surface area contributed by atoms with Gasteiger partial charge in [0.25, 0.3) is 0 Å². The molecule has 0 radical (unpaired) electrons. The Morgan fingerprint density at radius 2 is 1.90 bits per heavy atom. The second-order valence-corrected chi connectivity index (χ2v) is 7.43. The number of rotatable bonds is 5. The Morgan fingerprint density at radius 1 is 1.10 bits per heavy atom. The van der Waals surface area contributed by atoms with E-state index in [1.165, 1.54) is 0 Å². The predicted molar refractivity (Wildman–Crippen MR) is 106 cm³/mol. The molecule has 0 N–H and O–H groups in total. The summed E-state index contributed by atoms with van der Waals surface area (Å²) in [5.74, 6) is 0.847. The lowest BCUT2D eigenvalue weighted by atomic mass is 10.1. The maximum absolute atomic E-state index is 13.0. The summed E-state index contributed by atoms with van der Waals surface area (Å²) in [5, 5.41) is 8.01. The van der Waals surface area contributed by atoms with Crippen LogP contribution in [0, 0.1) is 12.8 Å². The SMILES string of the molecule is COc1ccc(N2C[C@H](C(=O)N3CC[C@@H](Oc4ccc(C)nn4)C3)CC2=O)cc1. The fourth-order valence-corrected chi connectivity index (χ4v) is 3.79. The minimum atomic E-state index is -0.331. The molecule has 2 aliphatic heterocycles. The zero-order valence-electron chi connectivity index (χ0n) is 16.6. The van der Waals surface area contributed by atoms with Crippen molar-refractivity contribution >= 4 is 17.5 Å². The lowest BCUT2D eigenvalue weighted by molar-refractivity contribution is -0.135. The van der Waals surface area contributed by atoms with Gasteiger partial charge in [0.15, 0.2) is 0 Å². The number of methoxy groups -OCH3 is 1. The topological polar surface area (TPSA) is 84.9 Å². The second kappa shape index (κ2) is 8.06. The monoisotopic (exact) mass is 396 g/mol. The molecule has 0 aliphatic carbocycles. The van der Waals surface area contributed by atoms with Crippen LogP contribution in [0.1, 0.15) is 18.5 Å². The number of anilines is 1. The summed E-state index contributed by atoms with van der Waals surface area (Å²) in [4.78, 5) is 28.9. The van der Waals surface area contributed by atoms with Crippen LogP contribution < -0.4 is 14.4 Å². The summed E-state index contributed by atoms with van der Waals surface area (Å²) < 4.78 is 11.0. The average molecular weight is 396 g/mol. The van der Waals surface area contributed by atoms with Gasteiger partial charge < -0.3 is 19.3 Å². The van der Waals surface area contributed by atoms with Crippen LogP contribution >= 0.6 is 0 Å². The second-order valence-electron chi connectivity index (χ2n) is 7.43. The van der Waals surface area contributed by atoms with Crippen LogP contribution in [0.5, 0.6) is 11.6 Å². The zero-order chi connectivity index (χ0) is 20.4. The van der Waals surface area contributed by atoms with E-state index in [-0.39, 0.29) is 30.3 Å². The molecular weight excluding hydrogens is 372 g/mol. The largest absolute Gasteiger partial charge is 0.497 e. The van der Waals surface area contributed by atoms with Gasteiger partial charge in [0, 0.05) is 37.7 Å². The molecule has 2 aromatic rings. The molecule has 2 amide bonds. The van der Waals surface area contributed by atoms with Gasteiger partial charge in [-0.05, 0) is 37.3 Å². The Kier molecular flexibility index (Phi) is 5.33. The molecule has 1 aromatic heterocycles. The number of nitrogens with zero attached hydrogens (tertiary/aromatic N) is 4. The summed E-state index contributed by atoms with van der Waals surface area (Å²) >= 11 is 0. The number of carbonyl (C=O) groups excluding carboxylic acids is 2. The number of benzene rings is 1. The Bertz CT molecular complexity index is 885. The molecule has 0 unspecified atom stereocenters. The number of ether oxygens (including phenoxy) is 2. The number of carbonyl (C=O) groups is 2. The van der Waals surface area contributed by atoms with E-state index in [9.17, 15) is 9.59 Å². The average Bonchev–Trinajstić information content (AvgIpc) is 3.36. The summed E-state index contributed by atoms with van der Waals surface area (Å²) in [6, 6.07) is 10.9. The number of aryl methyl sites for hydroxylation is 1. The first-order valence-corrected chi connectivity index (χ1v) is 9.73. The van der Waals surface area contributed by atoms with Crippen LogP contribution in [-0.4, -0.2) is 59.8 Å². The molecule has 2 aliphatic rings. The molecule has 4 rings (SSSR count). The number of aromatic nitrogens is 2. The van der Waals surface area contributed by atoms with Crippen molar-refractivity contribution in [3.8, 4) is 11.6 Å². The maximum Gasteiger partial charge on any atom is 0.233 e. The van der Waals surface area contributed by atoms with Gasteiger partial charge in [-0.15, -0.1) is 5.10 Å². The van der Waals surface area contributed by atoms with Crippen LogP contribution in [0.2, 0.25) is 0 Å². The van der Waals surface area contributed by atoms with E-state index in [1.54, 1.807) is 23.0 Å². The lowest BCUT2D eigenvalue weighted by Crippen LogP contribution is -2.37. The first-order valence-electron chi connectivity index (χ1n) is 9.73. The van der Waals surface area contributed by atoms with E-state index < -0.39 is 0 Å². The van der Waals surface area contributed by atoms with Crippen molar-refractivity contribution in [3.63, 3.8) is 0 Å². The molecular formula is C21H24N4O4. The Labute approximate surface area is 169 Å². The van der Waals surface area contributed by atoms with Crippen molar-refractivity contribution in [2.24, 2.45) is 5.92 Å². The van der Waals surface area contributed by atoms with Crippen molar-refractivity contribution in [2.75, 3.05) is 31.6 Å². The predicted octanol–water partition coefficient (Wildman–Crippen LogP) is 1.83. The summed E-state index contributed by atoms with van der Waals surface area (Å²) in [6.45, 7) is 3.39. The first kappa shape index (κ1) is 19.2. The highest BCUT2D eigenvalue weighted by Crippen LogP contribution is 2.29. The van der Waals surface area contributed by atoms with Gasteiger partial charge in [-0.3, -0.25) is 9.59 Å². The third kappa shape index (κ3) is 4.16. The van der Waals surface area contributed by atoms with Crippen molar-refractivity contribution < 1.29 is 19.1 Å². The third-order valence-electron chi connectivity index (χ3n) is 5.38. The van der Waals surface area contributed by atoms with Crippen LogP contribution in [-0.2, 0) is 9.59 Å². The lowest BCUT2D eigenvalue weighted by Gasteiger charge is -2.21. The molecule has 2 saturated heterocycles. The zero-order valence-corrected chi connectivity index (χ0v) is 16.6. The molecule has 3 heterocycles. The Hall–Kier alpha value is -3.16. The number of likely N-dealkylation sites (tertiary alicyclic amines) is 1. The van der Waals surface area contributed by atoms with E-state index in [4.69, 9.17) is 9.47 Å². The van der Waals surface area contributed by atoms with Crippen molar-refractivity contribution in [1.29, 1.82) is 0 Å². The van der Waals surface area contributed by atoms with Crippen LogP contribution in [0.15, 0.2) is 36.4 Å². The van der Waals surface area contributed by atoms with Crippen molar-refractivity contribution in [1.82, 2.24) is 15.1 Å². The number of amides is 2. The normalized spacial score (nSPS) is 21.5. The molecule has 152 valence electrons. The van der Waals surface area contributed by atoms with Gasteiger partial charge in [0.2, 0.25) is 17.7 Å². The minimum absolute atomic E-state index is 0.00968. The van der Waals surface area contributed by atoms with Gasteiger partial charge in [0.05, 0.1) is 25.3 Å². The third-order valence-corrected chi connectivity index (χ3v) is 5.38. The molecule has 8 nitrogen and oxygen atoms in total. The van der Waals surface area contributed by atoms with Gasteiger partial charge >= 0.3 is 0 Å². The fraction of sp³-hybridized carbons (Fsp3) is 0.429. The highest BCUT2D eigenvalue weighted by molar-refractivity contribution is 6.00.